The van der Waals surface area contributed by atoms with E-state index in [0.717, 1.165) is 5.56 Å². The van der Waals surface area contributed by atoms with Crippen molar-refractivity contribution < 1.29 is 23.9 Å². The van der Waals surface area contributed by atoms with E-state index in [1.165, 1.54) is 0 Å². The predicted octanol–water partition coefficient (Wildman–Crippen LogP) is 2.39. The molecule has 2 aromatic carbocycles. The van der Waals surface area contributed by atoms with Crippen LogP contribution in [0.2, 0.25) is 0 Å². The summed E-state index contributed by atoms with van der Waals surface area (Å²) in [7, 11) is 0. The van der Waals surface area contributed by atoms with Crippen molar-refractivity contribution in [3.63, 3.8) is 0 Å². The summed E-state index contributed by atoms with van der Waals surface area (Å²) in [5.74, 6) is -0.641. The molecule has 7 nitrogen and oxygen atoms in total. The third-order valence-electron chi connectivity index (χ3n) is 3.97. The molecule has 2 N–H and O–H groups in total. The number of fused-ring (bicyclic) bond motifs is 1. The highest BCUT2D eigenvalue weighted by atomic mass is 16.5. The number of para-hydroxylation sites is 1. The fourth-order valence-electron chi connectivity index (χ4n) is 2.66. The van der Waals surface area contributed by atoms with Crippen molar-refractivity contribution in [3.8, 4) is 5.75 Å². The van der Waals surface area contributed by atoms with Gasteiger partial charge in [0.1, 0.15) is 12.4 Å². The number of nitrogens with one attached hydrogen (secondary N) is 2. The first-order chi connectivity index (χ1) is 13.6. The molecule has 0 saturated heterocycles. The molecule has 1 aliphatic heterocycles. The van der Waals surface area contributed by atoms with E-state index in [0.29, 0.717) is 29.1 Å². The number of benzene rings is 2. The van der Waals surface area contributed by atoms with Crippen LogP contribution in [-0.4, -0.2) is 37.5 Å². The molecule has 0 fully saturated rings. The Hall–Kier alpha value is -3.61. The van der Waals surface area contributed by atoms with Crippen LogP contribution in [0, 0.1) is 0 Å². The summed E-state index contributed by atoms with van der Waals surface area (Å²) in [6.07, 6.45) is 1.69. The van der Waals surface area contributed by atoms with Crippen molar-refractivity contribution in [2.24, 2.45) is 0 Å². The van der Waals surface area contributed by atoms with E-state index in [1.54, 1.807) is 30.3 Å². The Morgan fingerprint density at radius 2 is 1.93 bits per heavy atom. The Morgan fingerprint density at radius 3 is 2.75 bits per heavy atom. The van der Waals surface area contributed by atoms with E-state index in [-0.39, 0.29) is 12.5 Å². The lowest BCUT2D eigenvalue weighted by molar-refractivity contribution is -0.143. The van der Waals surface area contributed by atoms with Gasteiger partial charge in [-0.1, -0.05) is 24.3 Å². The van der Waals surface area contributed by atoms with Crippen molar-refractivity contribution >= 4 is 29.5 Å². The van der Waals surface area contributed by atoms with Crippen molar-refractivity contribution in [2.75, 3.05) is 25.1 Å². The number of carbonyl (C=O) groups excluding carboxylic acids is 3. The second-order valence-electron chi connectivity index (χ2n) is 6.06. The van der Waals surface area contributed by atoms with E-state index in [9.17, 15) is 14.4 Å². The number of carbonyl (C=O) groups is 3. The predicted molar refractivity (Wildman–Crippen MR) is 104 cm³/mol. The highest BCUT2D eigenvalue weighted by Crippen LogP contribution is 2.26. The van der Waals surface area contributed by atoms with Crippen LogP contribution < -0.4 is 15.4 Å². The molecule has 0 spiro atoms. The first-order valence-corrected chi connectivity index (χ1v) is 8.84. The zero-order valence-corrected chi connectivity index (χ0v) is 15.4. The number of amides is 2. The van der Waals surface area contributed by atoms with Crippen LogP contribution in [0.4, 0.5) is 5.69 Å². The second kappa shape index (κ2) is 8.85. The molecule has 144 valence electrons. The molecule has 0 unspecified atom stereocenters. The third-order valence-corrected chi connectivity index (χ3v) is 3.97. The molecule has 7 heteroatoms. The van der Waals surface area contributed by atoms with Crippen LogP contribution in [0.1, 0.15) is 22.8 Å². The summed E-state index contributed by atoms with van der Waals surface area (Å²) >= 11 is 0. The van der Waals surface area contributed by atoms with Gasteiger partial charge < -0.3 is 20.1 Å². The van der Waals surface area contributed by atoms with Crippen LogP contribution in [0.3, 0.4) is 0 Å². The molecular weight excluding hydrogens is 360 g/mol. The van der Waals surface area contributed by atoms with E-state index in [4.69, 9.17) is 9.47 Å². The SMILES string of the molecule is CCNC(=O)c1cccc(NC(=O)COC(=O)C2=Cc3ccccc3OC2)c1. The first kappa shape index (κ1) is 19.2. The van der Waals surface area contributed by atoms with Crippen LogP contribution in [0.15, 0.2) is 54.1 Å². The summed E-state index contributed by atoms with van der Waals surface area (Å²) in [6, 6.07) is 13.8. The first-order valence-electron chi connectivity index (χ1n) is 8.84. The van der Waals surface area contributed by atoms with Gasteiger partial charge in [-0.3, -0.25) is 9.59 Å². The molecular formula is C21H20N2O5. The van der Waals surface area contributed by atoms with Gasteiger partial charge >= 0.3 is 5.97 Å². The summed E-state index contributed by atoms with van der Waals surface area (Å²) in [5.41, 5.74) is 2.00. The number of ether oxygens (including phenoxy) is 2. The van der Waals surface area contributed by atoms with Crippen LogP contribution >= 0.6 is 0 Å². The molecule has 28 heavy (non-hydrogen) atoms. The van der Waals surface area contributed by atoms with Gasteiger partial charge in [0.15, 0.2) is 6.61 Å². The average molecular weight is 380 g/mol. The van der Waals surface area contributed by atoms with Gasteiger partial charge in [-0.15, -0.1) is 0 Å². The van der Waals surface area contributed by atoms with E-state index < -0.39 is 18.5 Å². The summed E-state index contributed by atoms with van der Waals surface area (Å²) in [5, 5.41) is 5.29. The number of rotatable bonds is 6. The van der Waals surface area contributed by atoms with E-state index in [2.05, 4.69) is 10.6 Å². The van der Waals surface area contributed by atoms with Gasteiger partial charge in [0.25, 0.3) is 11.8 Å². The lowest BCUT2D eigenvalue weighted by atomic mass is 10.1. The number of hydrogen-bond donors (Lipinski definition) is 2. The van der Waals surface area contributed by atoms with Gasteiger partial charge in [-0.05, 0) is 37.3 Å². The molecule has 2 aromatic rings. The summed E-state index contributed by atoms with van der Waals surface area (Å²) in [6.45, 7) is 1.98. The van der Waals surface area contributed by atoms with Crippen LogP contribution in [-0.2, 0) is 14.3 Å². The molecule has 2 amide bonds. The molecule has 0 saturated carbocycles. The van der Waals surface area contributed by atoms with Gasteiger partial charge in [0.2, 0.25) is 0 Å². The molecule has 1 heterocycles. The standard InChI is InChI=1S/C21H20N2O5/c1-2-22-20(25)15-7-5-8-17(11-15)23-19(24)13-28-21(26)16-10-14-6-3-4-9-18(14)27-12-16/h3-11H,2,12-13H2,1H3,(H,22,25)(H,23,24). The molecule has 0 atom stereocenters. The molecule has 0 aromatic heterocycles. The van der Waals surface area contributed by atoms with Gasteiger partial charge in [0, 0.05) is 23.4 Å². The zero-order chi connectivity index (χ0) is 19.9. The third kappa shape index (κ3) is 4.76. The van der Waals surface area contributed by atoms with Crippen LogP contribution in [0.25, 0.3) is 6.08 Å². The maximum atomic E-state index is 12.2. The lowest BCUT2D eigenvalue weighted by Crippen LogP contribution is -2.24. The van der Waals surface area contributed by atoms with Crippen LogP contribution in [0.5, 0.6) is 5.75 Å². The minimum Gasteiger partial charge on any atom is -0.488 e. The fourth-order valence-corrected chi connectivity index (χ4v) is 2.66. The molecule has 3 rings (SSSR count). The smallest absolute Gasteiger partial charge is 0.338 e. The maximum absolute atomic E-state index is 12.2. The number of esters is 1. The number of anilines is 1. The fraction of sp³-hybridized carbons (Fsp3) is 0.190. The van der Waals surface area contributed by atoms with Crippen molar-refractivity contribution in [3.05, 3.63) is 65.2 Å². The van der Waals surface area contributed by atoms with E-state index >= 15 is 0 Å². The maximum Gasteiger partial charge on any atom is 0.338 e. The van der Waals surface area contributed by atoms with Gasteiger partial charge in [-0.25, -0.2) is 4.79 Å². The highest BCUT2D eigenvalue weighted by molar-refractivity contribution is 5.99. The quantitative estimate of drug-likeness (QED) is 0.751. The van der Waals surface area contributed by atoms with Crippen molar-refractivity contribution in [2.45, 2.75) is 6.92 Å². The second-order valence-corrected chi connectivity index (χ2v) is 6.06. The Morgan fingerprint density at radius 1 is 1.11 bits per heavy atom. The van der Waals surface area contributed by atoms with Gasteiger partial charge in [0.05, 0.1) is 5.57 Å². The van der Waals surface area contributed by atoms with Crippen molar-refractivity contribution in [1.82, 2.24) is 5.32 Å². The molecule has 0 bridgehead atoms. The summed E-state index contributed by atoms with van der Waals surface area (Å²) in [4.78, 5) is 36.1. The zero-order valence-electron chi connectivity index (χ0n) is 15.4. The topological polar surface area (TPSA) is 93.7 Å². The Balaban J connectivity index is 1.55. The lowest BCUT2D eigenvalue weighted by Gasteiger charge is -2.16. The summed E-state index contributed by atoms with van der Waals surface area (Å²) < 4.78 is 10.6. The Bertz CT molecular complexity index is 936. The largest absolute Gasteiger partial charge is 0.488 e. The minimum atomic E-state index is -0.610. The minimum absolute atomic E-state index is 0.0893. The molecule has 0 aliphatic carbocycles. The number of hydrogen-bond acceptors (Lipinski definition) is 5. The molecule has 1 aliphatic rings. The Labute approximate surface area is 162 Å². The molecule has 0 radical (unpaired) electrons. The highest BCUT2D eigenvalue weighted by Gasteiger charge is 2.19. The van der Waals surface area contributed by atoms with Crippen molar-refractivity contribution in [1.29, 1.82) is 0 Å². The van der Waals surface area contributed by atoms with E-state index in [1.807, 2.05) is 31.2 Å². The Kier molecular flexibility index (Phi) is 6.06. The van der Waals surface area contributed by atoms with Gasteiger partial charge in [-0.2, -0.15) is 0 Å². The normalized spacial score (nSPS) is 12.1. The monoisotopic (exact) mass is 380 g/mol. The average Bonchev–Trinajstić information content (AvgIpc) is 2.72.